The highest BCUT2D eigenvalue weighted by molar-refractivity contribution is 6.51. The first-order valence-corrected chi connectivity index (χ1v) is 12.1. The number of hydrogen-bond donors (Lipinski definition) is 1. The average Bonchev–Trinajstić information content (AvgIpc) is 3.13. The average molecular weight is 486 g/mol. The van der Waals surface area contributed by atoms with Crippen molar-refractivity contribution in [3.63, 3.8) is 0 Å². The summed E-state index contributed by atoms with van der Waals surface area (Å²) >= 11 is 0. The van der Waals surface area contributed by atoms with Gasteiger partial charge in [0.2, 0.25) is 0 Å². The summed E-state index contributed by atoms with van der Waals surface area (Å²) in [6.45, 7) is 8.99. The Bertz CT molecular complexity index is 1290. The maximum absolute atomic E-state index is 13.4. The van der Waals surface area contributed by atoms with E-state index in [2.05, 4.69) is 13.8 Å². The van der Waals surface area contributed by atoms with E-state index in [-0.39, 0.29) is 11.3 Å². The van der Waals surface area contributed by atoms with Crippen LogP contribution in [0, 0.1) is 12.8 Å². The molecule has 36 heavy (non-hydrogen) atoms. The third-order valence-corrected chi connectivity index (χ3v) is 5.92. The number of nitrogens with zero attached hydrogens (tertiary/aromatic N) is 1. The van der Waals surface area contributed by atoms with Gasteiger partial charge in [0.1, 0.15) is 17.3 Å². The van der Waals surface area contributed by atoms with Crippen LogP contribution in [0.5, 0.6) is 11.5 Å². The van der Waals surface area contributed by atoms with Crippen LogP contribution in [-0.4, -0.2) is 30.0 Å². The molecule has 6 nitrogen and oxygen atoms in total. The summed E-state index contributed by atoms with van der Waals surface area (Å²) in [4.78, 5) is 28.2. The Morgan fingerprint density at radius 2 is 1.67 bits per heavy atom. The van der Waals surface area contributed by atoms with Crippen LogP contribution in [0.3, 0.4) is 0 Å². The first kappa shape index (κ1) is 25.0. The quantitative estimate of drug-likeness (QED) is 0.239. The molecular formula is C30H31NO5. The highest BCUT2D eigenvalue weighted by atomic mass is 16.5. The summed E-state index contributed by atoms with van der Waals surface area (Å²) in [5, 5.41) is 11.3. The van der Waals surface area contributed by atoms with Gasteiger partial charge < -0.3 is 14.6 Å². The van der Waals surface area contributed by atoms with Crippen molar-refractivity contribution < 1.29 is 24.2 Å². The second-order valence-electron chi connectivity index (χ2n) is 9.24. The molecule has 186 valence electrons. The Morgan fingerprint density at radius 1 is 0.944 bits per heavy atom. The minimum atomic E-state index is -0.816. The zero-order valence-corrected chi connectivity index (χ0v) is 21.0. The number of carbonyl (C=O) groups excluding carboxylic acids is 2. The number of carbonyl (C=O) groups is 2. The lowest BCUT2D eigenvalue weighted by Gasteiger charge is -2.26. The van der Waals surface area contributed by atoms with Gasteiger partial charge in [-0.25, -0.2) is 0 Å². The molecule has 1 atom stereocenters. The predicted molar refractivity (Wildman–Crippen MR) is 140 cm³/mol. The number of Topliss-reactive ketones (excluding diaryl/α,β-unsaturated/α-hetero) is 1. The molecule has 0 aromatic heterocycles. The molecule has 1 heterocycles. The molecule has 3 aromatic carbocycles. The van der Waals surface area contributed by atoms with E-state index in [1.165, 1.54) is 4.90 Å². The van der Waals surface area contributed by atoms with Crippen LogP contribution in [0.4, 0.5) is 5.69 Å². The number of aliphatic hydroxyl groups excluding tert-OH is 1. The Morgan fingerprint density at radius 3 is 2.33 bits per heavy atom. The first-order valence-electron chi connectivity index (χ1n) is 12.1. The number of hydrogen-bond acceptors (Lipinski definition) is 5. The molecule has 1 fully saturated rings. The van der Waals surface area contributed by atoms with Crippen molar-refractivity contribution in [2.45, 2.75) is 33.7 Å². The SMILES string of the molecule is CCOc1cccc(C2/C(=C(\O)c3ccc(OCC(C)C)cc3)C(=O)C(=O)N2c2cccc(C)c2)c1. The molecule has 6 heteroatoms. The topological polar surface area (TPSA) is 76.1 Å². The number of aliphatic hydroxyl groups is 1. The van der Waals surface area contributed by atoms with Crippen LogP contribution in [-0.2, 0) is 9.59 Å². The summed E-state index contributed by atoms with van der Waals surface area (Å²) in [7, 11) is 0. The first-order chi connectivity index (χ1) is 17.3. The predicted octanol–water partition coefficient (Wildman–Crippen LogP) is 6.05. The lowest BCUT2D eigenvalue weighted by Crippen LogP contribution is -2.29. The number of aryl methyl sites for hydroxylation is 1. The van der Waals surface area contributed by atoms with Crippen LogP contribution in [0.25, 0.3) is 5.76 Å². The molecule has 4 rings (SSSR count). The van der Waals surface area contributed by atoms with Crippen molar-refractivity contribution in [1.29, 1.82) is 0 Å². The normalized spacial score (nSPS) is 17.0. The van der Waals surface area contributed by atoms with E-state index in [1.807, 2.05) is 50.2 Å². The molecule has 0 bridgehead atoms. The monoisotopic (exact) mass is 485 g/mol. The molecule has 0 radical (unpaired) electrons. The van der Waals surface area contributed by atoms with E-state index in [0.29, 0.717) is 47.4 Å². The molecule has 1 aliphatic heterocycles. The molecule has 1 N–H and O–H groups in total. The zero-order chi connectivity index (χ0) is 25.8. The Labute approximate surface area is 211 Å². The lowest BCUT2D eigenvalue weighted by molar-refractivity contribution is -0.132. The fraction of sp³-hybridized carbons (Fsp3) is 0.267. The molecule has 0 spiro atoms. The van der Waals surface area contributed by atoms with Gasteiger partial charge in [0.25, 0.3) is 11.7 Å². The summed E-state index contributed by atoms with van der Waals surface area (Å²) < 4.78 is 11.4. The van der Waals surface area contributed by atoms with E-state index < -0.39 is 17.7 Å². The molecule has 1 saturated heterocycles. The van der Waals surface area contributed by atoms with Crippen LogP contribution in [0.15, 0.2) is 78.4 Å². The third-order valence-electron chi connectivity index (χ3n) is 5.92. The highest BCUT2D eigenvalue weighted by Gasteiger charge is 2.47. The van der Waals surface area contributed by atoms with Crippen molar-refractivity contribution in [3.05, 3.63) is 95.1 Å². The molecule has 3 aromatic rings. The van der Waals surface area contributed by atoms with Gasteiger partial charge in [0.05, 0.1) is 24.8 Å². The highest BCUT2D eigenvalue weighted by Crippen LogP contribution is 2.43. The van der Waals surface area contributed by atoms with Crippen molar-refractivity contribution in [2.24, 2.45) is 5.92 Å². The molecule has 1 unspecified atom stereocenters. The number of amides is 1. The van der Waals surface area contributed by atoms with Crippen LogP contribution in [0.2, 0.25) is 0 Å². The van der Waals surface area contributed by atoms with Gasteiger partial charge in [-0.15, -0.1) is 0 Å². The Balaban J connectivity index is 1.83. The summed E-state index contributed by atoms with van der Waals surface area (Å²) in [5.74, 6) is 0.0126. The van der Waals surface area contributed by atoms with Crippen molar-refractivity contribution in [1.82, 2.24) is 0 Å². The summed E-state index contributed by atoms with van der Waals surface area (Å²) in [6, 6.07) is 20.8. The van der Waals surface area contributed by atoms with Gasteiger partial charge >= 0.3 is 0 Å². The van der Waals surface area contributed by atoms with Gasteiger partial charge in [-0.1, -0.05) is 38.1 Å². The number of ether oxygens (including phenoxy) is 2. The van der Waals surface area contributed by atoms with Gasteiger partial charge in [0, 0.05) is 11.3 Å². The Hall–Kier alpha value is -4.06. The molecule has 0 saturated carbocycles. The fourth-order valence-corrected chi connectivity index (χ4v) is 4.26. The number of benzene rings is 3. The minimum absolute atomic E-state index is 0.0333. The lowest BCUT2D eigenvalue weighted by atomic mass is 9.95. The van der Waals surface area contributed by atoms with Gasteiger partial charge in [-0.3, -0.25) is 14.5 Å². The van der Waals surface area contributed by atoms with E-state index >= 15 is 0 Å². The molecular weight excluding hydrogens is 454 g/mol. The molecule has 0 aliphatic carbocycles. The maximum Gasteiger partial charge on any atom is 0.300 e. The second kappa shape index (κ2) is 10.7. The largest absolute Gasteiger partial charge is 0.507 e. The van der Waals surface area contributed by atoms with E-state index in [4.69, 9.17) is 9.47 Å². The number of anilines is 1. The van der Waals surface area contributed by atoms with Crippen molar-refractivity contribution >= 4 is 23.1 Å². The van der Waals surface area contributed by atoms with E-state index in [0.717, 1.165) is 5.56 Å². The van der Waals surface area contributed by atoms with Crippen molar-refractivity contribution in [3.8, 4) is 11.5 Å². The van der Waals surface area contributed by atoms with Gasteiger partial charge in [-0.05, 0) is 79.4 Å². The standard InChI is InChI=1S/C30H31NO5/c1-5-35-25-11-7-9-22(17-25)27-26(28(32)21-12-14-24(15-13-21)36-18-19(2)3)29(33)30(34)31(27)23-10-6-8-20(4)16-23/h6-17,19,27,32H,5,18H2,1-4H3/b28-26+. The summed E-state index contributed by atoms with van der Waals surface area (Å²) in [6.07, 6.45) is 0. The second-order valence-corrected chi connectivity index (χ2v) is 9.24. The van der Waals surface area contributed by atoms with Crippen LogP contribution < -0.4 is 14.4 Å². The summed E-state index contributed by atoms with van der Waals surface area (Å²) in [5.41, 5.74) is 2.67. The van der Waals surface area contributed by atoms with Crippen LogP contribution >= 0.6 is 0 Å². The smallest absolute Gasteiger partial charge is 0.300 e. The fourth-order valence-electron chi connectivity index (χ4n) is 4.26. The molecule has 1 amide bonds. The number of rotatable bonds is 8. The van der Waals surface area contributed by atoms with Crippen LogP contribution in [0.1, 0.15) is 43.5 Å². The van der Waals surface area contributed by atoms with Crippen molar-refractivity contribution in [2.75, 3.05) is 18.1 Å². The van der Waals surface area contributed by atoms with E-state index in [9.17, 15) is 14.7 Å². The number of ketones is 1. The maximum atomic E-state index is 13.4. The zero-order valence-electron chi connectivity index (χ0n) is 21.0. The molecule has 1 aliphatic rings. The van der Waals surface area contributed by atoms with E-state index in [1.54, 1.807) is 36.4 Å². The minimum Gasteiger partial charge on any atom is -0.507 e. The van der Waals surface area contributed by atoms with Gasteiger partial charge in [0.15, 0.2) is 0 Å². The third kappa shape index (κ3) is 5.13. The van der Waals surface area contributed by atoms with Gasteiger partial charge in [-0.2, -0.15) is 0 Å². The Kier molecular flexibility index (Phi) is 7.44.